The van der Waals surface area contributed by atoms with E-state index in [9.17, 15) is 4.39 Å². The molecule has 0 atom stereocenters. The molecule has 0 bridgehead atoms. The highest BCUT2D eigenvalue weighted by molar-refractivity contribution is 5.85. The lowest BCUT2D eigenvalue weighted by atomic mass is 9.87. The Kier molecular flexibility index (Phi) is 3.36. The van der Waals surface area contributed by atoms with Gasteiger partial charge in [0, 0.05) is 13.1 Å². The van der Waals surface area contributed by atoms with Crippen LogP contribution in [-0.2, 0) is 0 Å². The molecular weight excluding hydrogens is 177 g/mol. The van der Waals surface area contributed by atoms with Crippen LogP contribution in [0.2, 0.25) is 0 Å². The van der Waals surface area contributed by atoms with Gasteiger partial charge in [-0.05, 0) is 12.3 Å². The van der Waals surface area contributed by atoms with Crippen molar-refractivity contribution in [2.75, 3.05) is 13.1 Å². The first-order valence-corrected chi connectivity index (χ1v) is 4.68. The third-order valence-electron chi connectivity index (χ3n) is 3.01. The van der Waals surface area contributed by atoms with E-state index in [1.54, 1.807) is 0 Å². The molecule has 72 valence electrons. The van der Waals surface area contributed by atoms with Gasteiger partial charge in [0.2, 0.25) is 0 Å². The van der Waals surface area contributed by atoms with Crippen LogP contribution < -0.4 is 5.32 Å². The molecule has 0 amide bonds. The maximum Gasteiger partial charge on any atom is 0.136 e. The SMILES string of the molecule is Cl.FC1(CC2CCCC2)CNC1. The first-order chi connectivity index (χ1) is 5.29. The molecule has 3 heteroatoms. The molecule has 2 rings (SSSR count). The number of hydrogen-bond donors (Lipinski definition) is 1. The van der Waals surface area contributed by atoms with E-state index in [1.165, 1.54) is 25.7 Å². The zero-order chi connectivity index (χ0) is 7.73. The molecule has 0 unspecified atom stereocenters. The maximum absolute atomic E-state index is 13.5. The van der Waals surface area contributed by atoms with Gasteiger partial charge in [-0.15, -0.1) is 12.4 Å². The van der Waals surface area contributed by atoms with E-state index in [0.29, 0.717) is 19.0 Å². The van der Waals surface area contributed by atoms with Gasteiger partial charge in [-0.2, -0.15) is 0 Å². The van der Waals surface area contributed by atoms with Crippen LogP contribution in [0.4, 0.5) is 4.39 Å². The van der Waals surface area contributed by atoms with Gasteiger partial charge in [-0.3, -0.25) is 0 Å². The lowest BCUT2D eigenvalue weighted by Gasteiger charge is -2.36. The summed E-state index contributed by atoms with van der Waals surface area (Å²) in [6, 6.07) is 0. The van der Waals surface area contributed by atoms with Crippen LogP contribution in [0.5, 0.6) is 0 Å². The Bertz CT molecular complexity index is 141. The van der Waals surface area contributed by atoms with Crippen LogP contribution in [0.25, 0.3) is 0 Å². The fourth-order valence-corrected chi connectivity index (χ4v) is 2.27. The average Bonchev–Trinajstić information content (AvgIpc) is 2.36. The van der Waals surface area contributed by atoms with Gasteiger partial charge in [0.15, 0.2) is 0 Å². The molecule has 0 spiro atoms. The molecular formula is C9H17ClFN. The molecule has 1 heterocycles. The highest BCUT2D eigenvalue weighted by Crippen LogP contribution is 2.35. The summed E-state index contributed by atoms with van der Waals surface area (Å²) in [6.45, 7) is 1.20. The van der Waals surface area contributed by atoms with Crippen molar-refractivity contribution in [2.24, 2.45) is 5.92 Å². The van der Waals surface area contributed by atoms with Gasteiger partial charge in [0.1, 0.15) is 5.67 Å². The largest absolute Gasteiger partial charge is 0.310 e. The second kappa shape index (κ2) is 3.93. The third-order valence-corrected chi connectivity index (χ3v) is 3.01. The lowest BCUT2D eigenvalue weighted by molar-refractivity contribution is 0.0615. The van der Waals surface area contributed by atoms with Crippen LogP contribution in [0.1, 0.15) is 32.1 Å². The highest BCUT2D eigenvalue weighted by atomic mass is 35.5. The predicted octanol–water partition coefficient (Wildman–Crippen LogP) is 2.30. The normalized spacial score (nSPS) is 27.8. The van der Waals surface area contributed by atoms with Crippen molar-refractivity contribution in [1.82, 2.24) is 5.32 Å². The molecule has 1 aliphatic carbocycles. The predicted molar refractivity (Wildman–Crippen MR) is 50.5 cm³/mol. The van der Waals surface area contributed by atoms with E-state index in [4.69, 9.17) is 0 Å². The minimum Gasteiger partial charge on any atom is -0.310 e. The minimum atomic E-state index is -0.824. The van der Waals surface area contributed by atoms with Crippen molar-refractivity contribution < 1.29 is 4.39 Å². The summed E-state index contributed by atoms with van der Waals surface area (Å²) < 4.78 is 13.5. The minimum absolute atomic E-state index is 0. The second-order valence-electron chi connectivity index (χ2n) is 4.11. The van der Waals surface area contributed by atoms with Gasteiger partial charge >= 0.3 is 0 Å². The lowest BCUT2D eigenvalue weighted by Crippen LogP contribution is -2.56. The molecule has 1 aliphatic heterocycles. The Morgan fingerprint density at radius 1 is 1.25 bits per heavy atom. The quantitative estimate of drug-likeness (QED) is 0.710. The van der Waals surface area contributed by atoms with Crippen molar-refractivity contribution in [3.8, 4) is 0 Å². The third kappa shape index (κ3) is 2.11. The molecule has 2 aliphatic rings. The number of hydrogen-bond acceptors (Lipinski definition) is 1. The Labute approximate surface area is 79.5 Å². The summed E-state index contributed by atoms with van der Waals surface area (Å²) in [5.74, 6) is 0.696. The van der Waals surface area contributed by atoms with Crippen molar-refractivity contribution in [2.45, 2.75) is 37.8 Å². The maximum atomic E-state index is 13.5. The van der Waals surface area contributed by atoms with Crippen molar-refractivity contribution in [3.63, 3.8) is 0 Å². The molecule has 1 saturated heterocycles. The summed E-state index contributed by atoms with van der Waals surface area (Å²) in [7, 11) is 0. The van der Waals surface area contributed by atoms with Gasteiger partial charge in [0.25, 0.3) is 0 Å². The molecule has 12 heavy (non-hydrogen) atoms. The van der Waals surface area contributed by atoms with E-state index < -0.39 is 5.67 Å². The molecule has 1 nitrogen and oxygen atoms in total. The summed E-state index contributed by atoms with van der Waals surface area (Å²) in [5.41, 5.74) is -0.824. The molecule has 0 aromatic heterocycles. The number of nitrogens with one attached hydrogen (secondary N) is 1. The zero-order valence-electron chi connectivity index (χ0n) is 7.31. The van der Waals surface area contributed by atoms with Gasteiger partial charge in [-0.25, -0.2) is 4.39 Å². The van der Waals surface area contributed by atoms with Gasteiger partial charge < -0.3 is 5.32 Å². The first-order valence-electron chi connectivity index (χ1n) is 4.68. The van der Waals surface area contributed by atoms with E-state index in [-0.39, 0.29) is 12.4 Å². The number of rotatable bonds is 2. The standard InChI is InChI=1S/C9H16FN.ClH/c10-9(6-11-7-9)5-8-3-1-2-4-8;/h8,11H,1-7H2;1H. The zero-order valence-corrected chi connectivity index (χ0v) is 8.13. The van der Waals surface area contributed by atoms with E-state index in [1.807, 2.05) is 0 Å². The molecule has 1 saturated carbocycles. The Balaban J connectivity index is 0.000000720. The van der Waals surface area contributed by atoms with Gasteiger partial charge in [-0.1, -0.05) is 25.7 Å². The Morgan fingerprint density at radius 3 is 2.25 bits per heavy atom. The van der Waals surface area contributed by atoms with E-state index in [0.717, 1.165) is 6.42 Å². The summed E-state index contributed by atoms with van der Waals surface area (Å²) in [6.07, 6.45) is 6.01. The molecule has 0 radical (unpaired) electrons. The van der Waals surface area contributed by atoms with Crippen molar-refractivity contribution >= 4 is 12.4 Å². The molecule has 0 aromatic carbocycles. The Hall–Kier alpha value is 0.180. The second-order valence-corrected chi connectivity index (χ2v) is 4.11. The topological polar surface area (TPSA) is 12.0 Å². The van der Waals surface area contributed by atoms with Gasteiger partial charge in [0.05, 0.1) is 0 Å². The molecule has 1 N–H and O–H groups in total. The fourth-order valence-electron chi connectivity index (χ4n) is 2.27. The van der Waals surface area contributed by atoms with Crippen molar-refractivity contribution in [1.29, 1.82) is 0 Å². The van der Waals surface area contributed by atoms with Crippen LogP contribution in [0.15, 0.2) is 0 Å². The van der Waals surface area contributed by atoms with Crippen LogP contribution >= 0.6 is 12.4 Å². The van der Waals surface area contributed by atoms with Crippen molar-refractivity contribution in [3.05, 3.63) is 0 Å². The summed E-state index contributed by atoms with van der Waals surface area (Å²) in [5, 5.41) is 3.00. The molecule has 0 aromatic rings. The summed E-state index contributed by atoms with van der Waals surface area (Å²) >= 11 is 0. The van der Waals surface area contributed by atoms with Crippen LogP contribution in [0, 0.1) is 5.92 Å². The smallest absolute Gasteiger partial charge is 0.136 e. The highest BCUT2D eigenvalue weighted by Gasteiger charge is 2.39. The van der Waals surface area contributed by atoms with E-state index in [2.05, 4.69) is 5.32 Å². The number of alkyl halides is 1. The first kappa shape index (κ1) is 10.3. The molecule has 2 fully saturated rings. The van der Waals surface area contributed by atoms with Crippen LogP contribution in [-0.4, -0.2) is 18.8 Å². The summed E-state index contributed by atoms with van der Waals surface area (Å²) in [4.78, 5) is 0. The van der Waals surface area contributed by atoms with E-state index >= 15 is 0 Å². The average molecular weight is 194 g/mol. The van der Waals surface area contributed by atoms with Crippen LogP contribution in [0.3, 0.4) is 0 Å². The Morgan fingerprint density at radius 2 is 1.83 bits per heavy atom. The fraction of sp³-hybridized carbons (Fsp3) is 1.00. The monoisotopic (exact) mass is 193 g/mol. The number of halogens is 2.